The van der Waals surface area contributed by atoms with E-state index in [0.717, 1.165) is 49.4 Å². The van der Waals surface area contributed by atoms with Crippen molar-refractivity contribution in [3.8, 4) is 12.3 Å². The van der Waals surface area contributed by atoms with Crippen LogP contribution in [0.4, 0.5) is 8.78 Å². The minimum Gasteiger partial charge on any atom is -0.315 e. The summed E-state index contributed by atoms with van der Waals surface area (Å²) in [6.07, 6.45) is 7.59. The molecule has 1 aliphatic heterocycles. The number of nitrogens with one attached hydrogen (secondary N) is 2. The molecule has 1 saturated carbocycles. The maximum Gasteiger partial charge on any atom is 0.159 e. The minimum absolute atomic E-state index is 0.231. The summed E-state index contributed by atoms with van der Waals surface area (Å²) >= 11 is 0. The van der Waals surface area contributed by atoms with Crippen molar-refractivity contribution >= 4 is 0 Å². The first kappa shape index (κ1) is 20.0. The lowest BCUT2D eigenvalue weighted by atomic mass is 10.1. The number of rotatable bonds is 8. The van der Waals surface area contributed by atoms with Crippen LogP contribution in [0.3, 0.4) is 0 Å². The summed E-state index contributed by atoms with van der Waals surface area (Å²) in [5.41, 5.74) is 2.83. The quantitative estimate of drug-likeness (QED) is 0.674. The molecule has 1 unspecified atom stereocenters. The molecule has 2 fully saturated rings. The number of pyridine rings is 1. The van der Waals surface area contributed by atoms with Crippen LogP contribution in [0, 0.1) is 24.0 Å². The number of hydrogen-bond donors (Lipinski definition) is 2. The second kappa shape index (κ2) is 9.00. The fourth-order valence-corrected chi connectivity index (χ4v) is 4.07. The highest BCUT2D eigenvalue weighted by Crippen LogP contribution is 2.41. The number of nitrogens with zero attached hydrogens (tertiary/aromatic N) is 2. The molecule has 1 aliphatic carbocycles. The van der Waals surface area contributed by atoms with Crippen molar-refractivity contribution in [2.75, 3.05) is 19.6 Å². The topological polar surface area (TPSA) is 40.2 Å². The van der Waals surface area contributed by atoms with Crippen LogP contribution in [-0.4, -0.2) is 41.6 Å². The maximum atomic E-state index is 13.4. The van der Waals surface area contributed by atoms with Gasteiger partial charge in [-0.15, -0.1) is 6.42 Å². The third-order valence-corrected chi connectivity index (χ3v) is 5.78. The highest BCUT2D eigenvalue weighted by molar-refractivity contribution is 5.29. The lowest BCUT2D eigenvalue weighted by Crippen LogP contribution is -2.37. The molecule has 0 radical (unpaired) electrons. The van der Waals surface area contributed by atoms with Crippen LogP contribution in [-0.2, 0) is 13.1 Å². The number of hydrogen-bond acceptors (Lipinski definition) is 4. The Balaban J connectivity index is 1.32. The molecule has 4 rings (SSSR count). The van der Waals surface area contributed by atoms with E-state index in [1.54, 1.807) is 6.07 Å². The van der Waals surface area contributed by atoms with Crippen LogP contribution < -0.4 is 10.6 Å². The number of terminal acetylenes is 1. The van der Waals surface area contributed by atoms with Crippen LogP contribution in [0.1, 0.15) is 35.7 Å². The monoisotopic (exact) mass is 396 g/mol. The first-order chi connectivity index (χ1) is 14.1. The molecule has 0 amide bonds. The lowest BCUT2D eigenvalue weighted by molar-refractivity contribution is 0.223. The van der Waals surface area contributed by atoms with E-state index in [1.165, 1.54) is 12.1 Å². The van der Waals surface area contributed by atoms with E-state index in [0.29, 0.717) is 19.1 Å². The van der Waals surface area contributed by atoms with Crippen LogP contribution in [0.2, 0.25) is 0 Å². The summed E-state index contributed by atoms with van der Waals surface area (Å²) in [6.45, 7) is 4.01. The molecule has 2 aromatic rings. The highest BCUT2D eigenvalue weighted by atomic mass is 19.2. The second-order valence-electron chi connectivity index (χ2n) is 7.88. The van der Waals surface area contributed by atoms with Crippen molar-refractivity contribution in [1.29, 1.82) is 0 Å². The Morgan fingerprint density at radius 2 is 2.07 bits per heavy atom. The number of benzene rings is 1. The van der Waals surface area contributed by atoms with Gasteiger partial charge in [-0.3, -0.25) is 9.88 Å². The SMILES string of the molecule is C#CCN(Cc1cccc(CN[C@@H]2C[C@H]2c2ccc(F)c(F)c2)n1)C1CCNC1. The van der Waals surface area contributed by atoms with E-state index in [4.69, 9.17) is 11.4 Å². The van der Waals surface area contributed by atoms with E-state index >= 15 is 0 Å². The summed E-state index contributed by atoms with van der Waals surface area (Å²) in [6, 6.07) is 11.0. The molecule has 3 atom stereocenters. The van der Waals surface area contributed by atoms with Gasteiger partial charge < -0.3 is 10.6 Å². The van der Waals surface area contributed by atoms with Crippen LogP contribution in [0.25, 0.3) is 0 Å². The first-order valence-electron chi connectivity index (χ1n) is 10.2. The molecule has 2 heterocycles. The van der Waals surface area contributed by atoms with Gasteiger partial charge in [0.25, 0.3) is 0 Å². The molecular weight excluding hydrogens is 370 g/mol. The van der Waals surface area contributed by atoms with Gasteiger partial charge >= 0.3 is 0 Å². The van der Waals surface area contributed by atoms with Gasteiger partial charge in [0.15, 0.2) is 11.6 Å². The van der Waals surface area contributed by atoms with E-state index in [1.807, 2.05) is 18.2 Å². The van der Waals surface area contributed by atoms with Gasteiger partial charge in [0.1, 0.15) is 0 Å². The van der Waals surface area contributed by atoms with Gasteiger partial charge in [0.2, 0.25) is 0 Å². The van der Waals surface area contributed by atoms with Crippen LogP contribution >= 0.6 is 0 Å². The molecule has 2 N–H and O–H groups in total. The predicted octanol–water partition coefficient (Wildman–Crippen LogP) is 2.80. The van der Waals surface area contributed by atoms with Gasteiger partial charge in [0, 0.05) is 37.6 Å². The fourth-order valence-electron chi connectivity index (χ4n) is 4.07. The third-order valence-electron chi connectivity index (χ3n) is 5.78. The number of halogens is 2. The van der Waals surface area contributed by atoms with Gasteiger partial charge in [-0.05, 0) is 49.2 Å². The Morgan fingerprint density at radius 3 is 2.83 bits per heavy atom. The Labute approximate surface area is 170 Å². The van der Waals surface area contributed by atoms with Gasteiger partial charge in [0.05, 0.1) is 17.9 Å². The molecular formula is C23H26F2N4. The average molecular weight is 396 g/mol. The van der Waals surface area contributed by atoms with E-state index in [2.05, 4.69) is 21.5 Å². The Hall–Kier alpha value is -2.33. The molecule has 2 aliphatic rings. The summed E-state index contributed by atoms with van der Waals surface area (Å²) in [7, 11) is 0. The summed E-state index contributed by atoms with van der Waals surface area (Å²) in [5, 5.41) is 6.87. The minimum atomic E-state index is -0.799. The maximum absolute atomic E-state index is 13.4. The van der Waals surface area contributed by atoms with Crippen LogP contribution in [0.15, 0.2) is 36.4 Å². The van der Waals surface area contributed by atoms with Gasteiger partial charge in [-0.25, -0.2) is 8.78 Å². The molecule has 1 aromatic carbocycles. The molecule has 1 aromatic heterocycles. The summed E-state index contributed by atoms with van der Waals surface area (Å²) < 4.78 is 26.5. The van der Waals surface area contributed by atoms with Gasteiger partial charge in [-0.2, -0.15) is 0 Å². The molecule has 0 bridgehead atoms. The smallest absolute Gasteiger partial charge is 0.159 e. The average Bonchev–Trinajstić information content (AvgIpc) is 3.29. The second-order valence-corrected chi connectivity index (χ2v) is 7.88. The molecule has 1 saturated heterocycles. The standard InChI is InChI=1S/C23H26F2N4/c1-2-10-29(19-8-9-26-14-19)15-18-5-3-4-17(28-18)13-27-23-12-20(23)16-6-7-21(24)22(25)11-16/h1,3-7,11,19-20,23,26-27H,8-10,12-15H2/t19?,20-,23+/m0/s1. The Morgan fingerprint density at radius 1 is 1.21 bits per heavy atom. The third kappa shape index (κ3) is 4.99. The zero-order valence-corrected chi connectivity index (χ0v) is 16.4. The largest absolute Gasteiger partial charge is 0.315 e. The van der Waals surface area contributed by atoms with E-state index in [9.17, 15) is 8.78 Å². The van der Waals surface area contributed by atoms with Crippen LogP contribution in [0.5, 0.6) is 0 Å². The molecule has 29 heavy (non-hydrogen) atoms. The zero-order valence-electron chi connectivity index (χ0n) is 16.4. The fraction of sp³-hybridized carbons (Fsp3) is 0.435. The van der Waals surface area contributed by atoms with Crippen molar-refractivity contribution < 1.29 is 8.78 Å². The van der Waals surface area contributed by atoms with Crippen molar-refractivity contribution in [1.82, 2.24) is 20.5 Å². The van der Waals surface area contributed by atoms with Crippen molar-refractivity contribution in [2.45, 2.75) is 43.9 Å². The van der Waals surface area contributed by atoms with Crippen molar-refractivity contribution in [3.63, 3.8) is 0 Å². The van der Waals surface area contributed by atoms with Crippen molar-refractivity contribution in [3.05, 3.63) is 65.0 Å². The number of aromatic nitrogens is 1. The zero-order chi connectivity index (χ0) is 20.2. The predicted molar refractivity (Wildman–Crippen MR) is 109 cm³/mol. The van der Waals surface area contributed by atoms with E-state index < -0.39 is 11.6 Å². The Kier molecular flexibility index (Phi) is 6.19. The Bertz CT molecular complexity index is 889. The van der Waals surface area contributed by atoms with Crippen molar-refractivity contribution in [2.24, 2.45) is 0 Å². The highest BCUT2D eigenvalue weighted by Gasteiger charge is 2.38. The molecule has 4 nitrogen and oxygen atoms in total. The summed E-state index contributed by atoms with van der Waals surface area (Å²) in [4.78, 5) is 7.09. The lowest BCUT2D eigenvalue weighted by Gasteiger charge is -2.26. The molecule has 0 spiro atoms. The first-order valence-corrected chi connectivity index (χ1v) is 10.2. The summed E-state index contributed by atoms with van der Waals surface area (Å²) in [5.74, 6) is 1.41. The normalized spacial score (nSPS) is 23.3. The van der Waals surface area contributed by atoms with Gasteiger partial charge in [-0.1, -0.05) is 18.1 Å². The molecule has 6 heteroatoms. The van der Waals surface area contributed by atoms with E-state index in [-0.39, 0.29) is 12.0 Å². The molecule has 152 valence electrons.